The Labute approximate surface area is 197 Å². The van der Waals surface area contributed by atoms with Crippen LogP contribution in [-0.2, 0) is 17.1 Å². The number of carbonyl (C=O) groups excluding carboxylic acids is 1. The van der Waals surface area contributed by atoms with Gasteiger partial charge in [-0.15, -0.1) is 0 Å². The Balaban J connectivity index is 1.65. The Kier molecular flexibility index (Phi) is 8.17. The van der Waals surface area contributed by atoms with Crippen molar-refractivity contribution in [2.45, 2.75) is 44.5 Å². The third kappa shape index (κ3) is 6.91. The van der Waals surface area contributed by atoms with Gasteiger partial charge >= 0.3 is 12.4 Å². The Morgan fingerprint density at radius 1 is 0.912 bits per heavy atom. The highest BCUT2D eigenvalue weighted by atomic mass is 35.5. The summed E-state index contributed by atoms with van der Waals surface area (Å²) in [4.78, 5) is 16.3. The Morgan fingerprint density at radius 3 is 2.18 bits per heavy atom. The molecule has 3 N–H and O–H groups in total. The molecule has 1 aliphatic carbocycles. The lowest BCUT2D eigenvalue weighted by Gasteiger charge is -2.22. The van der Waals surface area contributed by atoms with Gasteiger partial charge in [0.25, 0.3) is 0 Å². The molecule has 0 unspecified atom stereocenters. The maximum absolute atomic E-state index is 13.2. The fourth-order valence-electron chi connectivity index (χ4n) is 3.68. The number of benzene rings is 1. The van der Waals surface area contributed by atoms with Crippen LogP contribution >= 0.6 is 11.6 Å². The highest BCUT2D eigenvalue weighted by Crippen LogP contribution is 2.35. The van der Waals surface area contributed by atoms with Crippen LogP contribution in [0.15, 0.2) is 30.5 Å². The molecule has 2 aromatic rings. The average molecular weight is 509 g/mol. The molecule has 0 bridgehead atoms. The molecule has 0 spiro atoms. The molecule has 0 aliphatic heterocycles. The molecule has 34 heavy (non-hydrogen) atoms. The van der Waals surface area contributed by atoms with E-state index in [4.69, 9.17) is 11.6 Å². The van der Waals surface area contributed by atoms with E-state index in [-0.39, 0.29) is 47.1 Å². The van der Waals surface area contributed by atoms with Gasteiger partial charge < -0.3 is 16.0 Å². The van der Waals surface area contributed by atoms with Gasteiger partial charge in [0.1, 0.15) is 5.82 Å². The van der Waals surface area contributed by atoms with Gasteiger partial charge in [-0.3, -0.25) is 4.79 Å². The zero-order valence-corrected chi connectivity index (χ0v) is 18.7. The van der Waals surface area contributed by atoms with E-state index in [9.17, 15) is 31.1 Å². The zero-order chi connectivity index (χ0) is 24.9. The molecule has 0 radical (unpaired) electrons. The minimum Gasteiger partial charge on any atom is -0.382 e. The first kappa shape index (κ1) is 25.9. The number of rotatable bonds is 7. The number of aromatic nitrogens is 1. The molecule has 1 aliphatic rings. The molecular weight excluding hydrogens is 486 g/mol. The standard InChI is InChI=1S/C22H23ClF6N4O/c23-16-10-15(22(27,28)29)12-32-19(16)31-9-8-30-17-7-6-14(21(24,25)26)11-18(17)33-20(34)13-4-2-1-3-5-13/h6-7,10-13,30H,1-5,8-9H2,(H,31,32)(H,33,34). The van der Waals surface area contributed by atoms with E-state index in [1.807, 2.05) is 0 Å². The lowest BCUT2D eigenvalue weighted by molar-refractivity contribution is -0.138. The number of hydrogen-bond acceptors (Lipinski definition) is 4. The van der Waals surface area contributed by atoms with Crippen LogP contribution in [0.25, 0.3) is 0 Å². The number of amides is 1. The van der Waals surface area contributed by atoms with Crippen molar-refractivity contribution in [3.8, 4) is 0 Å². The molecular formula is C22H23ClF6N4O. The smallest absolute Gasteiger partial charge is 0.382 e. The van der Waals surface area contributed by atoms with E-state index in [1.165, 1.54) is 6.07 Å². The topological polar surface area (TPSA) is 66.1 Å². The van der Waals surface area contributed by atoms with E-state index < -0.39 is 23.5 Å². The van der Waals surface area contributed by atoms with Gasteiger partial charge in [0, 0.05) is 25.2 Å². The van der Waals surface area contributed by atoms with E-state index in [2.05, 4.69) is 20.9 Å². The van der Waals surface area contributed by atoms with E-state index in [1.54, 1.807) is 0 Å². The number of nitrogens with zero attached hydrogens (tertiary/aromatic N) is 1. The highest BCUT2D eigenvalue weighted by molar-refractivity contribution is 6.32. The second-order valence-corrected chi connectivity index (χ2v) is 8.40. The van der Waals surface area contributed by atoms with E-state index in [0.29, 0.717) is 19.0 Å². The SMILES string of the molecule is O=C(Nc1cc(C(F)(F)F)ccc1NCCNc1ncc(C(F)(F)F)cc1Cl)C1CCCCC1. The summed E-state index contributed by atoms with van der Waals surface area (Å²) in [6, 6.07) is 3.76. The molecule has 1 saturated carbocycles. The van der Waals surface area contributed by atoms with Crippen LogP contribution in [0.5, 0.6) is 0 Å². The predicted molar refractivity (Wildman–Crippen MR) is 118 cm³/mol. The van der Waals surface area contributed by atoms with E-state index in [0.717, 1.165) is 37.5 Å². The molecule has 5 nitrogen and oxygen atoms in total. The summed E-state index contributed by atoms with van der Waals surface area (Å²) in [6.07, 6.45) is -4.28. The van der Waals surface area contributed by atoms with Crippen molar-refractivity contribution in [2.24, 2.45) is 5.92 Å². The highest BCUT2D eigenvalue weighted by Gasteiger charge is 2.32. The molecule has 1 aromatic carbocycles. The second kappa shape index (κ2) is 10.7. The number of nitrogens with one attached hydrogen (secondary N) is 3. The number of hydrogen-bond donors (Lipinski definition) is 3. The zero-order valence-electron chi connectivity index (χ0n) is 17.9. The molecule has 186 valence electrons. The summed E-state index contributed by atoms with van der Waals surface area (Å²) in [5.41, 5.74) is -1.58. The third-order valence-corrected chi connectivity index (χ3v) is 5.77. The van der Waals surface area contributed by atoms with Crippen molar-refractivity contribution < 1.29 is 31.1 Å². The number of anilines is 3. The summed E-state index contributed by atoms with van der Waals surface area (Å²) in [6.45, 7) is 0.311. The largest absolute Gasteiger partial charge is 0.417 e. The van der Waals surface area contributed by atoms with Crippen molar-refractivity contribution in [3.63, 3.8) is 0 Å². The molecule has 1 amide bonds. The Bertz CT molecular complexity index is 1010. The Morgan fingerprint density at radius 2 is 1.56 bits per heavy atom. The van der Waals surface area contributed by atoms with Crippen LogP contribution in [0.3, 0.4) is 0 Å². The number of halogens is 7. The molecule has 0 saturated heterocycles. The predicted octanol–water partition coefficient (Wildman–Crippen LogP) is 6.82. The van der Waals surface area contributed by atoms with Crippen molar-refractivity contribution in [1.82, 2.24) is 4.98 Å². The van der Waals surface area contributed by atoms with Gasteiger partial charge in [0.15, 0.2) is 0 Å². The summed E-state index contributed by atoms with van der Waals surface area (Å²) < 4.78 is 77.7. The van der Waals surface area contributed by atoms with Gasteiger partial charge in [-0.1, -0.05) is 30.9 Å². The van der Waals surface area contributed by atoms with Crippen molar-refractivity contribution in [2.75, 3.05) is 29.0 Å². The lowest BCUT2D eigenvalue weighted by Crippen LogP contribution is -2.25. The van der Waals surface area contributed by atoms with Crippen molar-refractivity contribution in [3.05, 3.63) is 46.6 Å². The number of carbonyl (C=O) groups is 1. The third-order valence-electron chi connectivity index (χ3n) is 5.48. The van der Waals surface area contributed by atoms with Gasteiger partial charge in [-0.25, -0.2) is 4.98 Å². The second-order valence-electron chi connectivity index (χ2n) is 7.99. The molecule has 0 atom stereocenters. The van der Waals surface area contributed by atoms with Crippen LogP contribution in [0, 0.1) is 5.92 Å². The summed E-state index contributed by atoms with van der Waals surface area (Å²) >= 11 is 5.85. The van der Waals surface area contributed by atoms with E-state index >= 15 is 0 Å². The van der Waals surface area contributed by atoms with Gasteiger partial charge in [0.05, 0.1) is 27.5 Å². The lowest BCUT2D eigenvalue weighted by atomic mass is 9.88. The minimum atomic E-state index is -4.57. The molecule has 1 heterocycles. The molecule has 12 heteroatoms. The summed E-state index contributed by atoms with van der Waals surface area (Å²) in [7, 11) is 0. The number of pyridine rings is 1. The monoisotopic (exact) mass is 508 g/mol. The number of alkyl halides is 6. The quantitative estimate of drug-likeness (QED) is 0.284. The summed E-state index contributed by atoms with van der Waals surface area (Å²) in [5, 5.41) is 8.10. The molecule has 1 fully saturated rings. The van der Waals surface area contributed by atoms with Crippen molar-refractivity contribution in [1.29, 1.82) is 0 Å². The first-order valence-corrected chi connectivity index (χ1v) is 11.1. The normalized spacial score (nSPS) is 15.1. The van der Waals surface area contributed by atoms with Crippen LogP contribution < -0.4 is 16.0 Å². The van der Waals surface area contributed by atoms with Crippen molar-refractivity contribution >= 4 is 34.7 Å². The average Bonchev–Trinajstić information content (AvgIpc) is 2.77. The maximum Gasteiger partial charge on any atom is 0.417 e. The van der Waals surface area contributed by atoms with Gasteiger partial charge in [0.2, 0.25) is 5.91 Å². The first-order valence-electron chi connectivity index (χ1n) is 10.7. The van der Waals surface area contributed by atoms with Gasteiger partial charge in [-0.05, 0) is 37.1 Å². The first-order chi connectivity index (χ1) is 15.9. The fraction of sp³-hybridized carbons (Fsp3) is 0.455. The Hall–Kier alpha value is -2.69. The molecule has 3 rings (SSSR count). The van der Waals surface area contributed by atoms with Crippen LogP contribution in [0.2, 0.25) is 5.02 Å². The maximum atomic E-state index is 13.2. The molecule has 1 aromatic heterocycles. The van der Waals surface area contributed by atoms with Crippen LogP contribution in [0.4, 0.5) is 43.5 Å². The van der Waals surface area contributed by atoms with Crippen LogP contribution in [-0.4, -0.2) is 24.0 Å². The minimum absolute atomic E-state index is 0.0103. The summed E-state index contributed by atoms with van der Waals surface area (Å²) in [5.74, 6) is -0.527. The van der Waals surface area contributed by atoms with Crippen LogP contribution in [0.1, 0.15) is 43.2 Å². The van der Waals surface area contributed by atoms with Gasteiger partial charge in [-0.2, -0.15) is 26.3 Å². The fourth-order valence-corrected chi connectivity index (χ4v) is 3.91.